The van der Waals surface area contributed by atoms with E-state index in [1.807, 2.05) is 36.4 Å². The lowest BCUT2D eigenvalue weighted by molar-refractivity contribution is -0.116. The lowest BCUT2D eigenvalue weighted by Gasteiger charge is -2.30. The summed E-state index contributed by atoms with van der Waals surface area (Å²) in [5, 5.41) is 1.15. The minimum absolute atomic E-state index is 0.178. The van der Waals surface area contributed by atoms with Gasteiger partial charge in [-0.1, -0.05) is 97.8 Å². The van der Waals surface area contributed by atoms with Gasteiger partial charge in [0.05, 0.1) is 20.0 Å². The van der Waals surface area contributed by atoms with Crippen molar-refractivity contribution in [2.45, 2.75) is 46.7 Å². The van der Waals surface area contributed by atoms with Crippen LogP contribution in [-0.2, 0) is 14.3 Å². The van der Waals surface area contributed by atoms with Gasteiger partial charge in [0.1, 0.15) is 0 Å². The van der Waals surface area contributed by atoms with E-state index in [9.17, 15) is 4.79 Å². The van der Waals surface area contributed by atoms with Gasteiger partial charge < -0.3 is 0 Å². The highest BCUT2D eigenvalue weighted by atomic mass is 35.5. The Bertz CT molecular complexity index is 938. The van der Waals surface area contributed by atoms with Crippen molar-refractivity contribution >= 4 is 52.5 Å². The zero-order valence-corrected chi connectivity index (χ0v) is 20.1. The van der Waals surface area contributed by atoms with Crippen molar-refractivity contribution in [1.29, 1.82) is 0 Å². The van der Waals surface area contributed by atoms with Crippen LogP contribution in [0.4, 0.5) is 0 Å². The van der Waals surface area contributed by atoms with Crippen LogP contribution in [-0.4, -0.2) is 16.3 Å². The third-order valence-corrected chi connectivity index (χ3v) is 10.1. The number of carbonyl (C=O) groups is 1. The predicted molar refractivity (Wildman–Crippen MR) is 133 cm³/mol. The van der Waals surface area contributed by atoms with E-state index < -0.39 is 0 Å². The normalized spacial score (nSPS) is 30.1. The van der Waals surface area contributed by atoms with Crippen LogP contribution < -0.4 is 0 Å². The van der Waals surface area contributed by atoms with E-state index in [4.69, 9.17) is 23.2 Å². The highest BCUT2D eigenvalue weighted by Crippen LogP contribution is 2.54. The molecule has 0 aromatic heterocycles. The molecule has 0 spiro atoms. The van der Waals surface area contributed by atoms with Crippen molar-refractivity contribution in [3.63, 3.8) is 0 Å². The first-order valence-corrected chi connectivity index (χ1v) is 12.7. The van der Waals surface area contributed by atoms with Gasteiger partial charge in [-0.2, -0.15) is 0 Å². The second-order valence-corrected chi connectivity index (χ2v) is 11.4. The van der Waals surface area contributed by atoms with Gasteiger partial charge in [0.2, 0.25) is 0 Å². The molecule has 4 rings (SSSR count). The number of hydrogen-bond acceptors (Lipinski definition) is 3. The number of thioether (sulfide) groups is 2. The number of carbonyl (C=O) groups excluding carboxylic acids is 1. The maximum absolute atomic E-state index is 13.5. The molecule has 5 heteroatoms. The van der Waals surface area contributed by atoms with E-state index in [1.54, 1.807) is 23.5 Å². The van der Waals surface area contributed by atoms with Crippen molar-refractivity contribution in [1.82, 2.24) is 0 Å². The summed E-state index contributed by atoms with van der Waals surface area (Å²) in [5.74, 6) is 0.238. The minimum atomic E-state index is -0.254. The quantitative estimate of drug-likeness (QED) is 0.397. The van der Waals surface area contributed by atoms with Gasteiger partial charge in [0.15, 0.2) is 5.78 Å². The maximum Gasteiger partial charge on any atom is 0.166 e. The molecule has 0 fully saturated rings. The second-order valence-electron chi connectivity index (χ2n) is 7.64. The number of rotatable bonds is 6. The molecule has 0 radical (unpaired) electrons. The third-order valence-electron chi connectivity index (χ3n) is 6.03. The lowest BCUT2D eigenvalue weighted by atomic mass is 9.94. The van der Waals surface area contributed by atoms with Crippen molar-refractivity contribution in [3.8, 4) is 0 Å². The highest BCUT2D eigenvalue weighted by molar-refractivity contribution is 8.03. The fourth-order valence-corrected chi connectivity index (χ4v) is 8.07. The third kappa shape index (κ3) is 3.79. The highest BCUT2D eigenvalue weighted by Gasteiger charge is 2.45. The zero-order valence-electron chi connectivity index (χ0n) is 17.0. The molecule has 0 saturated carbocycles. The molecule has 2 aromatic carbocycles. The molecule has 156 valence electrons. The molecule has 2 aromatic rings. The average molecular weight is 476 g/mol. The Balaban J connectivity index is 1.54. The van der Waals surface area contributed by atoms with Crippen molar-refractivity contribution < 1.29 is 4.79 Å². The molecule has 2 aliphatic rings. The average Bonchev–Trinajstić information content (AvgIpc) is 3.40. The Labute approximate surface area is 197 Å². The first-order valence-electron chi connectivity index (χ1n) is 10.2. The van der Waals surface area contributed by atoms with Gasteiger partial charge in [-0.15, -0.1) is 23.5 Å². The Morgan fingerprint density at radius 1 is 0.800 bits per heavy atom. The van der Waals surface area contributed by atoms with Crippen molar-refractivity contribution in [2.24, 2.45) is 0 Å². The van der Waals surface area contributed by atoms with E-state index in [0.29, 0.717) is 0 Å². The summed E-state index contributed by atoms with van der Waals surface area (Å²) < 4.78 is -0.507. The molecule has 1 nitrogen and oxygen atoms in total. The fraction of sp³-hybridized carbons (Fsp3) is 0.320. The van der Waals surface area contributed by atoms with Crippen LogP contribution in [0.25, 0.3) is 0 Å². The number of hydrogen-bond donors (Lipinski definition) is 0. The van der Waals surface area contributed by atoms with Gasteiger partial charge in [0, 0.05) is 10.0 Å². The first kappa shape index (κ1) is 22.1. The number of Topliss-reactive ketones (excluding diaryl/α,β-unsaturated/α-hetero) is 1. The largest absolute Gasteiger partial charge is 0.296 e. The Morgan fingerprint density at radius 2 is 1.20 bits per heavy atom. The van der Waals surface area contributed by atoms with E-state index >= 15 is 0 Å². The summed E-state index contributed by atoms with van der Waals surface area (Å²) >= 11 is 16.4. The fourth-order valence-electron chi connectivity index (χ4n) is 4.26. The molecule has 4 atom stereocenters. The van der Waals surface area contributed by atoms with Crippen LogP contribution in [0.5, 0.6) is 0 Å². The summed E-state index contributed by atoms with van der Waals surface area (Å²) in [5.41, 5.74) is 2.17. The van der Waals surface area contributed by atoms with Gasteiger partial charge in [-0.3, -0.25) is 4.79 Å². The van der Waals surface area contributed by atoms with Gasteiger partial charge >= 0.3 is 0 Å². The summed E-state index contributed by atoms with van der Waals surface area (Å²) in [6, 6.07) is 15.9. The molecule has 0 amide bonds. The zero-order chi connectivity index (χ0) is 21.4. The monoisotopic (exact) mass is 474 g/mol. The van der Waals surface area contributed by atoms with Gasteiger partial charge in [-0.25, -0.2) is 0 Å². The van der Waals surface area contributed by atoms with Gasteiger partial charge in [0.25, 0.3) is 0 Å². The second kappa shape index (κ2) is 8.78. The predicted octanol–water partition coefficient (Wildman–Crippen LogP) is 7.82. The molecule has 2 aliphatic heterocycles. The summed E-state index contributed by atoms with van der Waals surface area (Å²) in [4.78, 5) is 13.5. The molecule has 0 aliphatic carbocycles. The molecule has 0 saturated heterocycles. The molecular weight excluding hydrogens is 451 g/mol. The van der Waals surface area contributed by atoms with Crippen LogP contribution in [0.2, 0.25) is 10.0 Å². The molecule has 2 heterocycles. The van der Waals surface area contributed by atoms with Gasteiger partial charge in [-0.05, 0) is 36.1 Å². The molecular formula is C25H24Cl2OS2. The smallest absolute Gasteiger partial charge is 0.166 e. The van der Waals surface area contributed by atoms with E-state index in [-0.39, 0.29) is 25.8 Å². The van der Waals surface area contributed by atoms with E-state index in [1.165, 1.54) is 0 Å². The van der Waals surface area contributed by atoms with Crippen LogP contribution in [0.3, 0.4) is 0 Å². The van der Waals surface area contributed by atoms with Crippen molar-refractivity contribution in [2.75, 3.05) is 0 Å². The molecule has 0 N–H and O–H groups in total. The number of halogens is 2. The first-order chi connectivity index (χ1) is 14.4. The van der Waals surface area contributed by atoms with E-state index in [0.717, 1.165) is 34.0 Å². The molecule has 30 heavy (non-hydrogen) atoms. The van der Waals surface area contributed by atoms with Crippen LogP contribution in [0.15, 0.2) is 72.8 Å². The standard InChI is InChI=1S/C25H24Cl2OS2/c1-3-24(17-9-5-7-11-19(17)26)15-13-21(29-24)23(28)22-14-16-25(4-2,30-22)18-10-6-8-12-20(18)27/h5-16,21-22H,3-4H2,1-2H3. The molecule has 4 unspecified atom stereocenters. The van der Waals surface area contributed by atoms with Crippen LogP contribution >= 0.6 is 46.7 Å². The topological polar surface area (TPSA) is 17.1 Å². The number of ketones is 1. The summed E-state index contributed by atoms with van der Waals surface area (Å²) in [6.07, 6.45) is 10.2. The van der Waals surface area contributed by atoms with Crippen LogP contribution in [0.1, 0.15) is 37.8 Å². The van der Waals surface area contributed by atoms with Crippen molar-refractivity contribution in [3.05, 3.63) is 94.0 Å². The number of benzene rings is 2. The molecule has 0 bridgehead atoms. The minimum Gasteiger partial charge on any atom is -0.296 e. The summed E-state index contributed by atoms with van der Waals surface area (Å²) in [7, 11) is 0. The van der Waals surface area contributed by atoms with E-state index in [2.05, 4.69) is 50.3 Å². The lowest BCUT2D eigenvalue weighted by Crippen LogP contribution is -2.27. The Hall–Kier alpha value is -1.13. The Morgan fingerprint density at radius 3 is 1.57 bits per heavy atom. The Kier molecular flexibility index (Phi) is 6.46. The summed E-state index contributed by atoms with van der Waals surface area (Å²) in [6.45, 7) is 4.30. The van der Waals surface area contributed by atoms with Crippen LogP contribution in [0, 0.1) is 0 Å². The SMILES string of the molecule is CCC1(c2ccccc2Cl)C=CC(C(=O)C2C=CC(CC)(c3ccccc3Cl)S2)S1. The maximum atomic E-state index is 13.5.